The topological polar surface area (TPSA) is 175 Å². The number of aliphatic hydroxyl groups excluding tert-OH is 5. The molecular weight excluding hydrogens is 1110 g/mol. The van der Waals surface area contributed by atoms with Crippen molar-refractivity contribution in [2.75, 3.05) is 19.8 Å². The van der Waals surface area contributed by atoms with Crippen LogP contribution < -0.4 is 5.32 Å². The van der Waals surface area contributed by atoms with Crippen LogP contribution in [-0.2, 0) is 23.8 Å². The summed E-state index contributed by atoms with van der Waals surface area (Å²) in [6.07, 6.45) is 76.4. The second kappa shape index (κ2) is 67.6. The second-order valence-electron chi connectivity index (χ2n) is 27.4. The molecule has 1 aliphatic heterocycles. The summed E-state index contributed by atoms with van der Waals surface area (Å²) in [6, 6.07) is -0.805. The van der Waals surface area contributed by atoms with Crippen molar-refractivity contribution in [1.82, 2.24) is 5.32 Å². The summed E-state index contributed by atoms with van der Waals surface area (Å²) in [6.45, 7) is 4.37. The Labute approximate surface area is 550 Å². The van der Waals surface area contributed by atoms with Gasteiger partial charge in [0.15, 0.2) is 6.29 Å². The van der Waals surface area contributed by atoms with Crippen molar-refractivity contribution in [2.24, 2.45) is 0 Å². The van der Waals surface area contributed by atoms with Crippen LogP contribution in [0.5, 0.6) is 0 Å². The number of amides is 1. The number of nitrogens with one attached hydrogen (secondary N) is 1. The Morgan fingerprint density at radius 3 is 1.08 bits per heavy atom. The van der Waals surface area contributed by atoms with Gasteiger partial charge < -0.3 is 45.1 Å². The quantitative estimate of drug-likeness (QED) is 0.0195. The lowest BCUT2D eigenvalue weighted by atomic mass is 9.99. The van der Waals surface area contributed by atoms with Crippen LogP contribution in [0.1, 0.15) is 399 Å². The van der Waals surface area contributed by atoms with Crippen LogP contribution in [0.3, 0.4) is 0 Å². The predicted octanol–water partition coefficient (Wildman–Crippen LogP) is 20.8. The molecule has 0 radical (unpaired) electrons. The number of carbonyl (C=O) groups excluding carboxylic acids is 2. The number of hydrogen-bond acceptors (Lipinski definition) is 10. The number of allylic oxidation sites excluding steroid dienone is 3. The van der Waals surface area contributed by atoms with Crippen LogP contribution >= 0.6 is 0 Å². The fraction of sp³-hybridized carbons (Fsp3) is 0.923. The molecule has 1 fully saturated rings. The van der Waals surface area contributed by atoms with Gasteiger partial charge >= 0.3 is 5.97 Å². The Kier molecular flexibility index (Phi) is 64.6. The highest BCUT2D eigenvalue weighted by molar-refractivity contribution is 5.76. The number of ether oxygens (including phenoxy) is 3. The molecule has 1 saturated heterocycles. The number of unbranched alkanes of at least 4 members (excludes halogenated alkanes) is 54. The zero-order valence-corrected chi connectivity index (χ0v) is 58.7. The van der Waals surface area contributed by atoms with Gasteiger partial charge in [0.25, 0.3) is 0 Å². The smallest absolute Gasteiger partial charge is 0.305 e. The molecule has 1 heterocycles. The second-order valence-corrected chi connectivity index (χ2v) is 27.4. The minimum Gasteiger partial charge on any atom is -0.466 e. The molecule has 89 heavy (non-hydrogen) atoms. The van der Waals surface area contributed by atoms with Crippen LogP contribution in [-0.4, -0.2) is 100 Å². The van der Waals surface area contributed by atoms with E-state index in [1.165, 1.54) is 315 Å². The molecule has 0 aromatic rings. The molecule has 0 bridgehead atoms. The fourth-order valence-corrected chi connectivity index (χ4v) is 12.7. The first kappa shape index (κ1) is 85.2. The maximum Gasteiger partial charge on any atom is 0.305 e. The van der Waals surface area contributed by atoms with E-state index in [2.05, 4.69) is 31.3 Å². The van der Waals surface area contributed by atoms with E-state index in [-0.39, 0.29) is 18.5 Å². The first-order chi connectivity index (χ1) is 43.7. The molecular formula is C78H149NO10. The molecule has 1 amide bonds. The monoisotopic (exact) mass is 1260 g/mol. The first-order valence-electron chi connectivity index (χ1n) is 39.1. The Hall–Kier alpha value is -1.86. The average molecular weight is 1260 g/mol. The van der Waals surface area contributed by atoms with Crippen LogP contribution in [0.15, 0.2) is 24.3 Å². The summed E-state index contributed by atoms with van der Waals surface area (Å²) in [5, 5.41) is 54.4. The highest BCUT2D eigenvalue weighted by Crippen LogP contribution is 2.24. The molecule has 0 aromatic carbocycles. The Morgan fingerprint density at radius 1 is 0.404 bits per heavy atom. The molecule has 11 nitrogen and oxygen atoms in total. The van der Waals surface area contributed by atoms with E-state index < -0.39 is 49.5 Å². The van der Waals surface area contributed by atoms with E-state index in [1.54, 1.807) is 6.08 Å². The van der Waals surface area contributed by atoms with Gasteiger partial charge in [0, 0.05) is 12.8 Å². The van der Waals surface area contributed by atoms with Gasteiger partial charge in [-0.05, 0) is 57.8 Å². The van der Waals surface area contributed by atoms with Gasteiger partial charge in [-0.1, -0.05) is 353 Å². The molecule has 1 rings (SSSR count). The molecule has 6 N–H and O–H groups in total. The van der Waals surface area contributed by atoms with Gasteiger partial charge in [-0.25, -0.2) is 0 Å². The summed E-state index contributed by atoms with van der Waals surface area (Å²) in [5.74, 6) is -0.164. The molecule has 7 unspecified atom stereocenters. The maximum atomic E-state index is 13.0. The van der Waals surface area contributed by atoms with E-state index in [4.69, 9.17) is 14.2 Å². The van der Waals surface area contributed by atoms with Crippen molar-refractivity contribution in [3.8, 4) is 0 Å². The standard InChI is InChI=1S/C78H149NO10/c1-3-5-7-9-11-13-15-16-17-18-37-40-43-46-50-54-58-62-66-74(83)87-67-63-59-55-51-47-44-41-38-35-33-31-29-27-25-23-21-19-20-22-24-26-28-30-32-34-36-39-42-45-49-53-57-61-65-73(82)79-70(69-88-78-77(86)76(85)75(84)72(68-80)89-78)71(81)64-60-56-52-48-14-12-10-8-6-4-2/h17-18,60,64,70-72,75-78,80-81,84-86H,3-16,19-59,61-63,65-69H2,1-2H3,(H,79,82)/b18-17-,64-60+. The minimum atomic E-state index is -1.57. The van der Waals surface area contributed by atoms with Crippen molar-refractivity contribution >= 4 is 11.9 Å². The van der Waals surface area contributed by atoms with Crippen LogP contribution in [0.4, 0.5) is 0 Å². The van der Waals surface area contributed by atoms with Gasteiger partial charge in [0.1, 0.15) is 24.4 Å². The van der Waals surface area contributed by atoms with Gasteiger partial charge in [-0.2, -0.15) is 0 Å². The lowest BCUT2D eigenvalue weighted by Gasteiger charge is -2.40. The average Bonchev–Trinajstić information content (AvgIpc) is 1.88. The molecule has 0 aliphatic carbocycles. The van der Waals surface area contributed by atoms with Crippen molar-refractivity contribution < 1.29 is 49.3 Å². The van der Waals surface area contributed by atoms with E-state index in [9.17, 15) is 35.1 Å². The van der Waals surface area contributed by atoms with Gasteiger partial charge in [-0.3, -0.25) is 9.59 Å². The Bertz CT molecular complexity index is 1530. The number of rotatable bonds is 70. The van der Waals surface area contributed by atoms with Crippen molar-refractivity contribution in [1.29, 1.82) is 0 Å². The number of esters is 1. The van der Waals surface area contributed by atoms with E-state index in [0.29, 0.717) is 19.4 Å². The van der Waals surface area contributed by atoms with Gasteiger partial charge in [0.05, 0.1) is 32.0 Å². The summed E-state index contributed by atoms with van der Waals surface area (Å²) in [5.41, 5.74) is 0. The molecule has 1 aliphatic rings. The molecule has 0 aromatic heterocycles. The Balaban J connectivity index is 1.86. The van der Waals surface area contributed by atoms with Crippen LogP contribution in [0.25, 0.3) is 0 Å². The fourth-order valence-electron chi connectivity index (χ4n) is 12.7. The zero-order valence-electron chi connectivity index (χ0n) is 58.7. The molecule has 526 valence electrons. The third-order valence-electron chi connectivity index (χ3n) is 18.8. The SMILES string of the molecule is CCCCCCCCC/C=C\CCCCCCCCCC(=O)OCCCCCCCCCCCCCCCCCCCCCCCCCCCCCCCCCCCC(=O)NC(COC1OC(CO)C(O)C(O)C1O)C(O)/C=C/CCCCCCCCCC. The van der Waals surface area contributed by atoms with Crippen molar-refractivity contribution in [3.63, 3.8) is 0 Å². The lowest BCUT2D eigenvalue weighted by molar-refractivity contribution is -0.302. The van der Waals surface area contributed by atoms with Gasteiger partial charge in [0.2, 0.25) is 5.91 Å². The zero-order chi connectivity index (χ0) is 64.4. The number of hydrogen-bond donors (Lipinski definition) is 6. The normalized spacial score (nSPS) is 17.8. The summed E-state index contributed by atoms with van der Waals surface area (Å²) in [7, 11) is 0. The van der Waals surface area contributed by atoms with Gasteiger partial charge in [-0.15, -0.1) is 0 Å². The molecule has 11 heteroatoms. The summed E-state index contributed by atoms with van der Waals surface area (Å²) in [4.78, 5) is 25.2. The van der Waals surface area contributed by atoms with E-state index in [1.807, 2.05) is 6.08 Å². The molecule has 7 atom stereocenters. The third kappa shape index (κ3) is 56.2. The first-order valence-corrected chi connectivity index (χ1v) is 39.1. The molecule has 0 saturated carbocycles. The van der Waals surface area contributed by atoms with Crippen LogP contribution in [0.2, 0.25) is 0 Å². The predicted molar refractivity (Wildman–Crippen MR) is 375 cm³/mol. The third-order valence-corrected chi connectivity index (χ3v) is 18.8. The minimum absolute atomic E-state index is 0.0124. The highest BCUT2D eigenvalue weighted by Gasteiger charge is 2.44. The van der Waals surface area contributed by atoms with E-state index >= 15 is 0 Å². The lowest BCUT2D eigenvalue weighted by Crippen LogP contribution is -2.60. The maximum absolute atomic E-state index is 13.0. The molecule has 0 spiro atoms. The number of carbonyl (C=O) groups is 2. The van der Waals surface area contributed by atoms with Crippen LogP contribution in [0, 0.1) is 0 Å². The summed E-state index contributed by atoms with van der Waals surface area (Å²) < 4.78 is 16.8. The van der Waals surface area contributed by atoms with Crippen molar-refractivity contribution in [2.45, 2.75) is 442 Å². The van der Waals surface area contributed by atoms with Crippen molar-refractivity contribution in [3.05, 3.63) is 24.3 Å². The summed E-state index contributed by atoms with van der Waals surface area (Å²) >= 11 is 0. The Morgan fingerprint density at radius 2 is 0.719 bits per heavy atom. The highest BCUT2D eigenvalue weighted by atomic mass is 16.7. The van der Waals surface area contributed by atoms with E-state index in [0.717, 1.165) is 57.8 Å². The number of aliphatic hydroxyl groups is 5. The largest absolute Gasteiger partial charge is 0.466 e.